The molecule has 0 saturated heterocycles. The molecule has 0 aliphatic rings. The van der Waals surface area contributed by atoms with Crippen LogP contribution in [0.25, 0.3) is 11.3 Å². The highest BCUT2D eigenvalue weighted by atomic mass is 35.5. The summed E-state index contributed by atoms with van der Waals surface area (Å²) in [5.74, 6) is 0. The predicted molar refractivity (Wildman–Crippen MR) is 76.2 cm³/mol. The van der Waals surface area contributed by atoms with Gasteiger partial charge in [0.2, 0.25) is 0 Å². The van der Waals surface area contributed by atoms with E-state index in [4.69, 9.17) is 11.6 Å². The van der Waals surface area contributed by atoms with Gasteiger partial charge in [-0.05, 0) is 56.9 Å². The average Bonchev–Trinajstić information content (AvgIpc) is 2.28. The van der Waals surface area contributed by atoms with Crippen molar-refractivity contribution < 1.29 is 0 Å². The molecule has 2 aromatic rings. The molecule has 1 aromatic carbocycles. The number of aryl methyl sites for hydroxylation is 3. The summed E-state index contributed by atoms with van der Waals surface area (Å²) >= 11 is 6.00. The van der Waals surface area contributed by atoms with Crippen LogP contribution in [0, 0.1) is 34.6 Å². The van der Waals surface area contributed by atoms with Crippen molar-refractivity contribution in [2.75, 3.05) is 0 Å². The van der Waals surface area contributed by atoms with Gasteiger partial charge >= 0.3 is 0 Å². The summed E-state index contributed by atoms with van der Waals surface area (Å²) < 4.78 is 0. The SMILES string of the molecule is Cc1cc(C)c(-c2nnc(Cl)c(C)c2C)c(C)c1. The van der Waals surface area contributed by atoms with Gasteiger partial charge in [-0.25, -0.2) is 0 Å². The first kappa shape index (κ1) is 13.0. The van der Waals surface area contributed by atoms with Gasteiger partial charge in [0.1, 0.15) is 0 Å². The van der Waals surface area contributed by atoms with E-state index in [0.29, 0.717) is 5.15 Å². The van der Waals surface area contributed by atoms with Gasteiger partial charge < -0.3 is 0 Å². The molecule has 0 amide bonds. The van der Waals surface area contributed by atoms with Crippen LogP contribution in [0.4, 0.5) is 0 Å². The fraction of sp³-hybridized carbons (Fsp3) is 0.333. The maximum Gasteiger partial charge on any atom is 0.154 e. The van der Waals surface area contributed by atoms with Crippen LogP contribution in [0.3, 0.4) is 0 Å². The van der Waals surface area contributed by atoms with Gasteiger partial charge in [0, 0.05) is 5.56 Å². The monoisotopic (exact) mass is 260 g/mol. The molecule has 0 bridgehead atoms. The van der Waals surface area contributed by atoms with Gasteiger partial charge in [-0.2, -0.15) is 0 Å². The van der Waals surface area contributed by atoms with Crippen LogP contribution in [-0.4, -0.2) is 10.2 Å². The minimum absolute atomic E-state index is 0.485. The van der Waals surface area contributed by atoms with Crippen molar-refractivity contribution in [3.63, 3.8) is 0 Å². The van der Waals surface area contributed by atoms with Crippen LogP contribution in [0.5, 0.6) is 0 Å². The second-order valence-electron chi connectivity index (χ2n) is 4.86. The third-order valence-corrected chi connectivity index (χ3v) is 3.74. The van der Waals surface area contributed by atoms with Gasteiger partial charge in [-0.1, -0.05) is 29.3 Å². The van der Waals surface area contributed by atoms with E-state index in [0.717, 1.165) is 16.8 Å². The van der Waals surface area contributed by atoms with E-state index in [1.807, 2.05) is 13.8 Å². The lowest BCUT2D eigenvalue weighted by molar-refractivity contribution is 0.999. The molecule has 2 nitrogen and oxygen atoms in total. The molecular formula is C15H17ClN2. The van der Waals surface area contributed by atoms with Gasteiger partial charge in [-0.3, -0.25) is 0 Å². The number of hydrogen-bond acceptors (Lipinski definition) is 2. The Bertz CT molecular complexity index is 595. The molecule has 0 radical (unpaired) electrons. The molecule has 0 saturated carbocycles. The van der Waals surface area contributed by atoms with Crippen molar-refractivity contribution in [1.29, 1.82) is 0 Å². The fourth-order valence-electron chi connectivity index (χ4n) is 2.37. The van der Waals surface area contributed by atoms with Crippen LogP contribution in [-0.2, 0) is 0 Å². The van der Waals surface area contributed by atoms with E-state index in [1.165, 1.54) is 22.3 Å². The lowest BCUT2D eigenvalue weighted by Crippen LogP contribution is -2.00. The summed E-state index contributed by atoms with van der Waals surface area (Å²) in [6, 6.07) is 4.35. The Hall–Kier alpha value is -1.41. The zero-order valence-corrected chi connectivity index (χ0v) is 12.2. The van der Waals surface area contributed by atoms with Crippen LogP contribution in [0.2, 0.25) is 5.15 Å². The standard InChI is InChI=1S/C15H17ClN2/c1-8-6-9(2)13(10(3)7-8)14-11(4)12(5)15(16)18-17-14/h6-7H,1-5H3. The van der Waals surface area contributed by atoms with E-state index in [-0.39, 0.29) is 0 Å². The normalized spacial score (nSPS) is 10.8. The second kappa shape index (κ2) is 4.69. The Balaban J connectivity index is 2.74. The molecule has 0 fully saturated rings. The molecule has 0 aliphatic carbocycles. The van der Waals surface area contributed by atoms with Gasteiger partial charge in [0.15, 0.2) is 5.15 Å². The Labute approximate surface area is 113 Å². The summed E-state index contributed by atoms with van der Waals surface area (Å²) in [5, 5.41) is 8.80. The molecule has 1 aromatic heterocycles. The summed E-state index contributed by atoms with van der Waals surface area (Å²) in [7, 11) is 0. The molecule has 18 heavy (non-hydrogen) atoms. The zero-order valence-electron chi connectivity index (χ0n) is 11.4. The van der Waals surface area contributed by atoms with E-state index < -0.39 is 0 Å². The van der Waals surface area contributed by atoms with Crippen LogP contribution >= 0.6 is 11.6 Å². The quantitative estimate of drug-likeness (QED) is 0.762. The topological polar surface area (TPSA) is 25.8 Å². The second-order valence-corrected chi connectivity index (χ2v) is 5.22. The molecular weight excluding hydrogens is 244 g/mol. The molecule has 3 heteroatoms. The first-order chi connectivity index (χ1) is 8.41. The van der Waals surface area contributed by atoms with Crippen molar-refractivity contribution in [3.05, 3.63) is 45.1 Å². The summed E-state index contributed by atoms with van der Waals surface area (Å²) in [5.41, 5.74) is 7.94. The molecule has 2 rings (SSSR count). The summed E-state index contributed by atoms with van der Waals surface area (Å²) in [4.78, 5) is 0. The van der Waals surface area contributed by atoms with Crippen molar-refractivity contribution in [3.8, 4) is 11.3 Å². The summed E-state index contributed by atoms with van der Waals surface area (Å²) in [6.45, 7) is 10.4. The van der Waals surface area contributed by atoms with Gasteiger partial charge in [0.05, 0.1) is 5.69 Å². The van der Waals surface area contributed by atoms with E-state index in [9.17, 15) is 0 Å². The number of rotatable bonds is 1. The maximum atomic E-state index is 6.00. The highest BCUT2D eigenvalue weighted by Gasteiger charge is 2.14. The number of hydrogen-bond donors (Lipinski definition) is 0. The van der Waals surface area contributed by atoms with Crippen LogP contribution in [0.15, 0.2) is 12.1 Å². The molecule has 94 valence electrons. The van der Waals surface area contributed by atoms with Crippen LogP contribution in [0.1, 0.15) is 27.8 Å². The largest absolute Gasteiger partial charge is 0.154 e. The highest BCUT2D eigenvalue weighted by molar-refractivity contribution is 6.30. The lowest BCUT2D eigenvalue weighted by atomic mass is 9.94. The first-order valence-corrected chi connectivity index (χ1v) is 6.37. The van der Waals surface area contributed by atoms with E-state index in [2.05, 4.69) is 43.1 Å². The third-order valence-electron chi connectivity index (χ3n) is 3.38. The number of halogens is 1. The van der Waals surface area contributed by atoms with Gasteiger partial charge in [0.25, 0.3) is 0 Å². The predicted octanol–water partition coefficient (Wildman–Crippen LogP) is 4.34. The Morgan fingerprint density at radius 3 is 1.94 bits per heavy atom. The lowest BCUT2D eigenvalue weighted by Gasteiger charge is -2.14. The molecule has 1 heterocycles. The average molecular weight is 261 g/mol. The van der Waals surface area contributed by atoms with Crippen molar-refractivity contribution in [2.24, 2.45) is 0 Å². The van der Waals surface area contributed by atoms with E-state index in [1.54, 1.807) is 0 Å². The Kier molecular flexibility index (Phi) is 3.40. The Morgan fingerprint density at radius 2 is 1.39 bits per heavy atom. The maximum absolute atomic E-state index is 6.00. The molecule has 0 spiro atoms. The summed E-state index contributed by atoms with van der Waals surface area (Å²) in [6.07, 6.45) is 0. The third kappa shape index (κ3) is 2.13. The van der Waals surface area contributed by atoms with Gasteiger partial charge in [-0.15, -0.1) is 10.2 Å². The van der Waals surface area contributed by atoms with Crippen molar-refractivity contribution in [1.82, 2.24) is 10.2 Å². The molecule has 0 N–H and O–H groups in total. The van der Waals surface area contributed by atoms with Crippen molar-refractivity contribution >= 4 is 11.6 Å². The molecule has 0 atom stereocenters. The first-order valence-electron chi connectivity index (χ1n) is 5.99. The Morgan fingerprint density at radius 1 is 0.833 bits per heavy atom. The minimum atomic E-state index is 0.485. The number of nitrogens with zero attached hydrogens (tertiary/aromatic N) is 2. The van der Waals surface area contributed by atoms with Crippen LogP contribution < -0.4 is 0 Å². The molecule has 0 unspecified atom stereocenters. The smallest absolute Gasteiger partial charge is 0.149 e. The zero-order chi connectivity index (χ0) is 13.4. The van der Waals surface area contributed by atoms with E-state index >= 15 is 0 Å². The highest BCUT2D eigenvalue weighted by Crippen LogP contribution is 2.31. The number of benzene rings is 1. The molecule has 0 aliphatic heterocycles. The minimum Gasteiger partial charge on any atom is -0.149 e. The van der Waals surface area contributed by atoms with Crippen molar-refractivity contribution in [2.45, 2.75) is 34.6 Å². The fourth-order valence-corrected chi connectivity index (χ4v) is 2.55. The number of aromatic nitrogens is 2.